The van der Waals surface area contributed by atoms with E-state index in [1.165, 1.54) is 0 Å². The zero-order valence-electron chi connectivity index (χ0n) is 21.5. The van der Waals surface area contributed by atoms with Crippen LogP contribution in [0.2, 0.25) is 0 Å². The Kier molecular flexibility index (Phi) is 8.66. The van der Waals surface area contributed by atoms with Gasteiger partial charge in [-0.1, -0.05) is 44.2 Å². The molecule has 4 rings (SSSR count). The van der Waals surface area contributed by atoms with E-state index in [1.54, 1.807) is 28.0 Å². The molecule has 0 fully saturated rings. The van der Waals surface area contributed by atoms with Crippen LogP contribution >= 0.6 is 0 Å². The lowest BCUT2D eigenvalue weighted by molar-refractivity contribution is -0.121. The van der Waals surface area contributed by atoms with Crippen LogP contribution in [0.15, 0.2) is 60.9 Å². The molecule has 3 amide bonds. The normalized spacial score (nSPS) is 13.3. The third-order valence-electron chi connectivity index (χ3n) is 6.24. The predicted molar refractivity (Wildman–Crippen MR) is 139 cm³/mol. The molecule has 0 spiro atoms. The van der Waals surface area contributed by atoms with Crippen LogP contribution in [0, 0.1) is 5.92 Å². The van der Waals surface area contributed by atoms with Gasteiger partial charge >= 0.3 is 0 Å². The fourth-order valence-electron chi connectivity index (χ4n) is 4.40. The van der Waals surface area contributed by atoms with Gasteiger partial charge in [0.05, 0.1) is 0 Å². The van der Waals surface area contributed by atoms with E-state index in [4.69, 9.17) is 0 Å². The van der Waals surface area contributed by atoms with Crippen molar-refractivity contribution in [1.82, 2.24) is 29.9 Å². The Hall–Kier alpha value is -4.01. The van der Waals surface area contributed by atoms with E-state index >= 15 is 0 Å². The molecule has 3 aromatic rings. The Morgan fingerprint density at radius 2 is 1.81 bits per heavy atom. The van der Waals surface area contributed by atoms with E-state index in [-0.39, 0.29) is 42.3 Å². The monoisotopic (exact) mass is 502 g/mol. The van der Waals surface area contributed by atoms with Crippen molar-refractivity contribution in [2.24, 2.45) is 5.92 Å². The van der Waals surface area contributed by atoms with Gasteiger partial charge in [-0.3, -0.25) is 24.0 Å². The van der Waals surface area contributed by atoms with Crippen LogP contribution in [0.25, 0.3) is 0 Å². The van der Waals surface area contributed by atoms with Crippen LogP contribution < -0.4 is 5.32 Å². The van der Waals surface area contributed by atoms with Crippen LogP contribution in [0.5, 0.6) is 0 Å². The third kappa shape index (κ3) is 7.03. The Morgan fingerprint density at radius 3 is 2.54 bits per heavy atom. The fraction of sp³-hybridized carbons (Fsp3) is 0.393. The number of aromatic nitrogens is 3. The number of carbonyl (C=O) groups excluding carboxylic acids is 3. The van der Waals surface area contributed by atoms with Crippen LogP contribution in [-0.4, -0.2) is 61.9 Å². The summed E-state index contributed by atoms with van der Waals surface area (Å²) >= 11 is 0. The molecule has 0 saturated heterocycles. The number of hydrogen-bond donors (Lipinski definition) is 1. The highest BCUT2D eigenvalue weighted by Crippen LogP contribution is 2.18. The average Bonchev–Trinajstić information content (AvgIpc) is 3.27. The van der Waals surface area contributed by atoms with Crippen molar-refractivity contribution in [3.63, 3.8) is 0 Å². The van der Waals surface area contributed by atoms with Crippen molar-refractivity contribution in [3.05, 3.63) is 83.4 Å². The highest BCUT2D eigenvalue weighted by atomic mass is 16.2. The first kappa shape index (κ1) is 26.1. The van der Waals surface area contributed by atoms with Crippen molar-refractivity contribution < 1.29 is 14.4 Å². The van der Waals surface area contributed by atoms with Gasteiger partial charge in [-0.25, -0.2) is 0 Å². The summed E-state index contributed by atoms with van der Waals surface area (Å²) in [4.78, 5) is 46.7. The van der Waals surface area contributed by atoms with Crippen LogP contribution in [0.1, 0.15) is 58.8 Å². The third-order valence-corrected chi connectivity index (χ3v) is 6.24. The van der Waals surface area contributed by atoms with Crippen LogP contribution in [-0.2, 0) is 24.4 Å². The summed E-state index contributed by atoms with van der Waals surface area (Å²) in [7, 11) is 0. The van der Waals surface area contributed by atoms with E-state index in [9.17, 15) is 14.4 Å². The molecule has 2 aromatic heterocycles. The Balaban J connectivity index is 1.42. The van der Waals surface area contributed by atoms with Crippen LogP contribution in [0.3, 0.4) is 0 Å². The van der Waals surface area contributed by atoms with Crippen molar-refractivity contribution in [3.8, 4) is 0 Å². The second-order valence-corrected chi connectivity index (χ2v) is 9.73. The van der Waals surface area contributed by atoms with Gasteiger partial charge in [-0.2, -0.15) is 5.10 Å². The number of fused-ring (bicyclic) bond motifs is 1. The summed E-state index contributed by atoms with van der Waals surface area (Å²) in [5.74, 6) is -0.310. The van der Waals surface area contributed by atoms with E-state index < -0.39 is 0 Å². The molecule has 0 unspecified atom stereocenters. The number of rotatable bonds is 10. The predicted octanol–water partition coefficient (Wildman–Crippen LogP) is 3.13. The number of pyridine rings is 1. The zero-order chi connectivity index (χ0) is 26.2. The lowest BCUT2D eigenvalue weighted by atomic mass is 10.1. The first-order chi connectivity index (χ1) is 17.9. The molecule has 1 aliphatic heterocycles. The van der Waals surface area contributed by atoms with Gasteiger partial charge in [0.15, 0.2) is 5.69 Å². The van der Waals surface area contributed by atoms with Crippen molar-refractivity contribution in [2.75, 3.05) is 19.6 Å². The minimum absolute atomic E-state index is 0.126. The Labute approximate surface area is 217 Å². The molecule has 0 atom stereocenters. The van der Waals surface area contributed by atoms with Gasteiger partial charge in [0.2, 0.25) is 5.91 Å². The topological polar surface area (TPSA) is 100 Å². The van der Waals surface area contributed by atoms with Gasteiger partial charge in [0, 0.05) is 64.1 Å². The molecule has 0 saturated carbocycles. The first-order valence-corrected chi connectivity index (χ1v) is 12.8. The summed E-state index contributed by atoms with van der Waals surface area (Å²) in [6.45, 7) is 6.95. The second-order valence-electron chi connectivity index (χ2n) is 9.73. The Bertz CT molecular complexity index is 1210. The molecular formula is C28H34N6O3. The number of aryl methyl sites for hydroxylation is 1. The van der Waals surface area contributed by atoms with E-state index in [1.807, 2.05) is 61.2 Å². The van der Waals surface area contributed by atoms with Gasteiger partial charge in [0.1, 0.15) is 5.69 Å². The number of nitrogens with one attached hydrogen (secondary N) is 1. The molecule has 1 N–H and O–H groups in total. The van der Waals surface area contributed by atoms with Crippen molar-refractivity contribution >= 4 is 17.7 Å². The lowest BCUT2D eigenvalue weighted by Crippen LogP contribution is -2.37. The molecule has 0 bridgehead atoms. The standard InChI is InChI=1S/C28H34N6O3/c1-21(2)19-33(16-11-26(35)30-18-22-9-12-29-13-10-22)27(36)24-17-25-28(37)32(14-6-15-34(25)31-24)20-23-7-4-3-5-8-23/h3-5,7-10,12-13,17,21H,6,11,14-16,18-20H2,1-2H3,(H,30,35). The van der Waals surface area contributed by atoms with E-state index in [0.29, 0.717) is 38.4 Å². The lowest BCUT2D eigenvalue weighted by Gasteiger charge is -2.23. The van der Waals surface area contributed by atoms with Gasteiger partial charge in [0.25, 0.3) is 11.8 Å². The second kappa shape index (κ2) is 12.3. The minimum atomic E-state index is -0.265. The number of nitrogens with zero attached hydrogens (tertiary/aromatic N) is 5. The molecule has 0 radical (unpaired) electrons. The average molecular weight is 503 g/mol. The molecule has 0 aliphatic carbocycles. The van der Waals surface area contributed by atoms with Gasteiger partial charge in [-0.15, -0.1) is 0 Å². The SMILES string of the molecule is CC(C)CN(CCC(=O)NCc1ccncc1)C(=O)c1cc2n(n1)CCCN(Cc1ccccc1)C2=O. The van der Waals surface area contributed by atoms with Gasteiger partial charge in [-0.05, 0) is 35.6 Å². The van der Waals surface area contributed by atoms with E-state index in [2.05, 4.69) is 15.4 Å². The number of hydrogen-bond acceptors (Lipinski definition) is 5. The molecule has 37 heavy (non-hydrogen) atoms. The molecule has 1 aliphatic rings. The first-order valence-electron chi connectivity index (χ1n) is 12.8. The highest BCUT2D eigenvalue weighted by molar-refractivity contribution is 5.98. The number of amides is 3. The summed E-state index contributed by atoms with van der Waals surface area (Å²) in [5.41, 5.74) is 2.69. The largest absolute Gasteiger partial charge is 0.352 e. The van der Waals surface area contributed by atoms with Crippen molar-refractivity contribution in [2.45, 2.75) is 46.3 Å². The molecular weight excluding hydrogens is 468 g/mol. The van der Waals surface area contributed by atoms with Crippen molar-refractivity contribution in [1.29, 1.82) is 0 Å². The molecule has 194 valence electrons. The summed E-state index contributed by atoms with van der Waals surface area (Å²) < 4.78 is 1.65. The smallest absolute Gasteiger partial charge is 0.274 e. The molecule has 9 nitrogen and oxygen atoms in total. The highest BCUT2D eigenvalue weighted by Gasteiger charge is 2.28. The quantitative estimate of drug-likeness (QED) is 0.459. The molecule has 1 aromatic carbocycles. The maximum Gasteiger partial charge on any atom is 0.274 e. The van der Waals surface area contributed by atoms with E-state index in [0.717, 1.165) is 17.5 Å². The summed E-state index contributed by atoms with van der Waals surface area (Å²) in [6.07, 6.45) is 4.31. The number of benzene rings is 1. The summed E-state index contributed by atoms with van der Waals surface area (Å²) in [6, 6.07) is 15.2. The maximum atomic E-state index is 13.4. The molecule has 3 heterocycles. The minimum Gasteiger partial charge on any atom is -0.352 e. The zero-order valence-corrected chi connectivity index (χ0v) is 21.5. The maximum absolute atomic E-state index is 13.4. The van der Waals surface area contributed by atoms with Gasteiger partial charge < -0.3 is 15.1 Å². The number of carbonyl (C=O) groups is 3. The van der Waals surface area contributed by atoms with Crippen LogP contribution in [0.4, 0.5) is 0 Å². The summed E-state index contributed by atoms with van der Waals surface area (Å²) in [5, 5.41) is 7.39. The Morgan fingerprint density at radius 1 is 1.05 bits per heavy atom. The molecule has 9 heteroatoms. The fourth-order valence-corrected chi connectivity index (χ4v) is 4.40.